The highest BCUT2D eigenvalue weighted by Gasteiger charge is 2.02. The predicted molar refractivity (Wildman–Crippen MR) is 78.5 cm³/mol. The quantitative estimate of drug-likeness (QED) is 0.775. The highest BCUT2D eigenvalue weighted by atomic mass is 16.5. The Hall–Kier alpha value is -2.29. The highest BCUT2D eigenvalue weighted by Crippen LogP contribution is 2.20. The van der Waals surface area contributed by atoms with Crippen molar-refractivity contribution in [3.8, 4) is 11.5 Å². The number of carbonyl (C=O) groups excluding carboxylic acids is 1. The number of carbonyl (C=O) groups is 1. The van der Waals surface area contributed by atoms with Crippen molar-refractivity contribution in [1.82, 2.24) is 0 Å². The lowest BCUT2D eigenvalue weighted by molar-refractivity contribution is 0.101. The van der Waals surface area contributed by atoms with Crippen LogP contribution in [0, 0.1) is 6.92 Å². The average molecular weight is 270 g/mol. The molecule has 3 heteroatoms. The van der Waals surface area contributed by atoms with Crippen LogP contribution in [-0.2, 0) is 6.61 Å². The van der Waals surface area contributed by atoms with Crippen molar-refractivity contribution in [3.05, 3.63) is 59.2 Å². The number of hydrogen-bond acceptors (Lipinski definition) is 3. The van der Waals surface area contributed by atoms with Crippen LogP contribution in [0.2, 0.25) is 0 Å². The minimum absolute atomic E-state index is 0.0577. The van der Waals surface area contributed by atoms with Crippen molar-refractivity contribution in [2.75, 3.05) is 7.11 Å². The molecule has 0 aromatic heterocycles. The van der Waals surface area contributed by atoms with Gasteiger partial charge in [0.1, 0.15) is 18.1 Å². The molecule has 0 saturated heterocycles. The van der Waals surface area contributed by atoms with E-state index in [4.69, 9.17) is 9.47 Å². The Balaban J connectivity index is 2.01. The third-order valence-electron chi connectivity index (χ3n) is 3.13. The topological polar surface area (TPSA) is 35.5 Å². The zero-order valence-electron chi connectivity index (χ0n) is 12.0. The van der Waals surface area contributed by atoms with Gasteiger partial charge in [0.2, 0.25) is 0 Å². The van der Waals surface area contributed by atoms with Gasteiger partial charge in [0.15, 0.2) is 5.78 Å². The normalized spacial score (nSPS) is 10.2. The van der Waals surface area contributed by atoms with Crippen molar-refractivity contribution in [2.45, 2.75) is 20.5 Å². The molecule has 0 aliphatic rings. The van der Waals surface area contributed by atoms with Gasteiger partial charge in [-0.05, 0) is 61.4 Å². The molecule has 0 unspecified atom stereocenters. The summed E-state index contributed by atoms with van der Waals surface area (Å²) < 4.78 is 10.9. The lowest BCUT2D eigenvalue weighted by Crippen LogP contribution is -1.98. The van der Waals surface area contributed by atoms with E-state index in [2.05, 4.69) is 0 Å². The summed E-state index contributed by atoms with van der Waals surface area (Å²) in [7, 11) is 1.66. The number of aryl methyl sites for hydroxylation is 1. The molecule has 2 rings (SSSR count). The molecule has 2 aromatic carbocycles. The Morgan fingerprint density at radius 1 is 1.10 bits per heavy atom. The fraction of sp³-hybridized carbons (Fsp3) is 0.235. The first kappa shape index (κ1) is 14.1. The fourth-order valence-electron chi connectivity index (χ4n) is 1.98. The van der Waals surface area contributed by atoms with Gasteiger partial charge in [-0.3, -0.25) is 4.79 Å². The van der Waals surface area contributed by atoms with Gasteiger partial charge in [0.05, 0.1) is 7.11 Å². The van der Waals surface area contributed by atoms with Crippen molar-refractivity contribution in [1.29, 1.82) is 0 Å². The van der Waals surface area contributed by atoms with E-state index in [1.54, 1.807) is 26.2 Å². The summed E-state index contributed by atoms with van der Waals surface area (Å²) in [5, 5.41) is 0. The summed E-state index contributed by atoms with van der Waals surface area (Å²) in [4.78, 5) is 11.2. The Labute approximate surface area is 119 Å². The summed E-state index contributed by atoms with van der Waals surface area (Å²) in [5.74, 6) is 1.69. The Morgan fingerprint density at radius 2 is 1.80 bits per heavy atom. The molecule has 0 radical (unpaired) electrons. The number of ketones is 1. The Kier molecular flexibility index (Phi) is 4.41. The van der Waals surface area contributed by atoms with Crippen LogP contribution in [0.5, 0.6) is 11.5 Å². The number of benzene rings is 2. The van der Waals surface area contributed by atoms with E-state index in [9.17, 15) is 4.79 Å². The van der Waals surface area contributed by atoms with Crippen LogP contribution in [0.1, 0.15) is 28.4 Å². The summed E-state index contributed by atoms with van der Waals surface area (Å²) in [6.45, 7) is 4.05. The maximum Gasteiger partial charge on any atom is 0.159 e. The summed E-state index contributed by atoms with van der Waals surface area (Å²) >= 11 is 0. The standard InChI is InChI=1S/C17H18O3/c1-12-10-14(4-9-17(12)19-3)11-20-16-7-5-15(6-8-16)13(2)18/h4-10H,11H2,1-3H3. The van der Waals surface area contributed by atoms with E-state index in [0.717, 1.165) is 22.6 Å². The Bertz CT molecular complexity index is 600. The van der Waals surface area contributed by atoms with Gasteiger partial charge in [0, 0.05) is 5.56 Å². The van der Waals surface area contributed by atoms with Gasteiger partial charge < -0.3 is 9.47 Å². The van der Waals surface area contributed by atoms with Crippen LogP contribution in [0.3, 0.4) is 0 Å². The zero-order chi connectivity index (χ0) is 14.5. The third-order valence-corrected chi connectivity index (χ3v) is 3.13. The van der Waals surface area contributed by atoms with Crippen molar-refractivity contribution in [2.24, 2.45) is 0 Å². The van der Waals surface area contributed by atoms with Gasteiger partial charge >= 0.3 is 0 Å². The van der Waals surface area contributed by atoms with Crippen molar-refractivity contribution in [3.63, 3.8) is 0 Å². The number of Topliss-reactive ketones (excluding diaryl/α,β-unsaturated/α-hetero) is 1. The molecular weight excluding hydrogens is 252 g/mol. The molecule has 0 atom stereocenters. The molecule has 0 bridgehead atoms. The number of ether oxygens (including phenoxy) is 2. The Morgan fingerprint density at radius 3 is 2.35 bits per heavy atom. The monoisotopic (exact) mass is 270 g/mol. The molecule has 20 heavy (non-hydrogen) atoms. The summed E-state index contributed by atoms with van der Waals surface area (Å²) in [6.07, 6.45) is 0. The van der Waals surface area contributed by atoms with Gasteiger partial charge in [-0.25, -0.2) is 0 Å². The largest absolute Gasteiger partial charge is 0.496 e. The second-order valence-electron chi connectivity index (χ2n) is 4.67. The van der Waals surface area contributed by atoms with Crippen molar-refractivity contribution >= 4 is 5.78 Å². The van der Waals surface area contributed by atoms with Crippen molar-refractivity contribution < 1.29 is 14.3 Å². The highest BCUT2D eigenvalue weighted by molar-refractivity contribution is 5.94. The maximum absolute atomic E-state index is 11.2. The van der Waals surface area contributed by atoms with Crippen LogP contribution < -0.4 is 9.47 Å². The molecule has 104 valence electrons. The fourth-order valence-corrected chi connectivity index (χ4v) is 1.98. The van der Waals surface area contributed by atoms with Crippen LogP contribution >= 0.6 is 0 Å². The average Bonchev–Trinajstić information content (AvgIpc) is 2.45. The van der Waals surface area contributed by atoms with Gasteiger partial charge in [0.25, 0.3) is 0 Å². The number of methoxy groups -OCH3 is 1. The minimum atomic E-state index is 0.0577. The molecule has 0 aliphatic carbocycles. The summed E-state index contributed by atoms with van der Waals surface area (Å²) in [5.41, 5.74) is 2.86. The lowest BCUT2D eigenvalue weighted by Gasteiger charge is -2.09. The molecule has 0 fully saturated rings. The minimum Gasteiger partial charge on any atom is -0.496 e. The SMILES string of the molecule is COc1ccc(COc2ccc(C(C)=O)cc2)cc1C. The molecular formula is C17H18O3. The first-order chi connectivity index (χ1) is 9.60. The molecule has 0 N–H and O–H groups in total. The summed E-state index contributed by atoms with van der Waals surface area (Å²) in [6, 6.07) is 13.1. The number of hydrogen-bond donors (Lipinski definition) is 0. The van der Waals surface area contributed by atoms with Gasteiger partial charge in [-0.2, -0.15) is 0 Å². The third kappa shape index (κ3) is 3.38. The molecule has 0 aliphatic heterocycles. The second kappa shape index (κ2) is 6.24. The zero-order valence-corrected chi connectivity index (χ0v) is 12.0. The lowest BCUT2D eigenvalue weighted by atomic mass is 10.1. The first-order valence-electron chi connectivity index (χ1n) is 6.47. The van der Waals surface area contributed by atoms with E-state index in [-0.39, 0.29) is 5.78 Å². The van der Waals surface area contributed by atoms with Gasteiger partial charge in [-0.1, -0.05) is 6.07 Å². The molecule has 0 amide bonds. The predicted octanol–water partition coefficient (Wildman–Crippen LogP) is 3.79. The first-order valence-corrected chi connectivity index (χ1v) is 6.47. The maximum atomic E-state index is 11.2. The van der Waals surface area contributed by atoms with Crippen LogP contribution in [-0.4, -0.2) is 12.9 Å². The van der Waals surface area contributed by atoms with Crippen LogP contribution in [0.25, 0.3) is 0 Å². The molecule has 0 heterocycles. The molecule has 0 spiro atoms. The second-order valence-corrected chi connectivity index (χ2v) is 4.67. The van der Waals surface area contributed by atoms with Gasteiger partial charge in [-0.15, -0.1) is 0 Å². The van der Waals surface area contributed by atoms with Crippen LogP contribution in [0.4, 0.5) is 0 Å². The van der Waals surface area contributed by atoms with E-state index in [0.29, 0.717) is 12.2 Å². The number of rotatable bonds is 5. The van der Waals surface area contributed by atoms with E-state index >= 15 is 0 Å². The smallest absolute Gasteiger partial charge is 0.159 e. The van der Waals surface area contributed by atoms with E-state index in [1.807, 2.05) is 37.3 Å². The van der Waals surface area contributed by atoms with Crippen LogP contribution in [0.15, 0.2) is 42.5 Å². The molecule has 0 saturated carbocycles. The van der Waals surface area contributed by atoms with E-state index < -0.39 is 0 Å². The molecule has 3 nitrogen and oxygen atoms in total. The van der Waals surface area contributed by atoms with E-state index in [1.165, 1.54) is 0 Å². The molecule has 2 aromatic rings.